The van der Waals surface area contributed by atoms with Crippen molar-refractivity contribution in [3.05, 3.63) is 70.2 Å². The lowest BCUT2D eigenvalue weighted by molar-refractivity contribution is 0.417. The number of sulfonamides is 1. The number of anilines is 1. The predicted molar refractivity (Wildman–Crippen MR) is 110 cm³/mol. The molecule has 0 saturated heterocycles. The number of methoxy groups -OCH3 is 1. The quantitative estimate of drug-likeness (QED) is 0.534. The second kappa shape index (κ2) is 7.80. The minimum atomic E-state index is -3.96. The van der Waals surface area contributed by atoms with E-state index in [0.717, 1.165) is 11.1 Å². The predicted octanol–water partition coefficient (Wildman–Crippen LogP) is 5.28. The highest BCUT2D eigenvalue weighted by Crippen LogP contribution is 2.36. The van der Waals surface area contributed by atoms with Crippen LogP contribution >= 0.6 is 27.5 Å². The summed E-state index contributed by atoms with van der Waals surface area (Å²) in [5.41, 5.74) is 2.06. The molecule has 0 unspecified atom stereocenters. The van der Waals surface area contributed by atoms with Gasteiger partial charge in [0.1, 0.15) is 11.5 Å². The molecule has 0 aliphatic carbocycles. The van der Waals surface area contributed by atoms with Crippen LogP contribution in [-0.4, -0.2) is 20.6 Å². The summed E-state index contributed by atoms with van der Waals surface area (Å²) in [5.74, 6) is 0.154. The van der Waals surface area contributed by atoms with Crippen molar-refractivity contribution in [1.82, 2.24) is 0 Å². The zero-order valence-corrected chi connectivity index (χ0v) is 17.3. The van der Waals surface area contributed by atoms with Gasteiger partial charge in [-0.1, -0.05) is 48.0 Å². The molecule has 3 rings (SSSR count). The Morgan fingerprint density at radius 2 is 1.74 bits per heavy atom. The molecule has 3 aromatic rings. The number of benzene rings is 3. The molecule has 0 aromatic heterocycles. The molecular formula is C19H15BrClNO4S. The summed E-state index contributed by atoms with van der Waals surface area (Å²) in [6.07, 6.45) is 0. The van der Waals surface area contributed by atoms with Crippen LogP contribution in [0.5, 0.6) is 11.5 Å². The summed E-state index contributed by atoms with van der Waals surface area (Å²) in [4.78, 5) is -0.0932. The van der Waals surface area contributed by atoms with Crippen LogP contribution < -0.4 is 9.46 Å². The monoisotopic (exact) mass is 467 g/mol. The van der Waals surface area contributed by atoms with Crippen molar-refractivity contribution >= 4 is 43.2 Å². The molecule has 0 amide bonds. The first kappa shape index (κ1) is 19.5. The molecule has 3 aromatic carbocycles. The summed E-state index contributed by atoms with van der Waals surface area (Å²) < 4.78 is 33.6. The lowest BCUT2D eigenvalue weighted by Crippen LogP contribution is -2.14. The third kappa shape index (κ3) is 4.21. The van der Waals surface area contributed by atoms with Crippen LogP contribution in [0.2, 0.25) is 5.02 Å². The number of aromatic hydroxyl groups is 1. The Hall–Kier alpha value is -2.22. The van der Waals surface area contributed by atoms with Crippen LogP contribution in [-0.2, 0) is 10.0 Å². The summed E-state index contributed by atoms with van der Waals surface area (Å²) in [5, 5.41) is 9.64. The van der Waals surface area contributed by atoms with Crippen LogP contribution in [0.4, 0.5) is 5.69 Å². The van der Waals surface area contributed by atoms with Gasteiger partial charge in [0, 0.05) is 0 Å². The van der Waals surface area contributed by atoms with Crippen molar-refractivity contribution < 1.29 is 18.3 Å². The Balaban J connectivity index is 2.03. The van der Waals surface area contributed by atoms with E-state index < -0.39 is 10.0 Å². The molecule has 2 N–H and O–H groups in total. The van der Waals surface area contributed by atoms with Crippen molar-refractivity contribution in [1.29, 1.82) is 0 Å². The van der Waals surface area contributed by atoms with E-state index in [4.69, 9.17) is 16.3 Å². The summed E-state index contributed by atoms with van der Waals surface area (Å²) >= 11 is 8.99. The molecule has 140 valence electrons. The Labute approximate surface area is 170 Å². The molecule has 0 saturated carbocycles. The molecule has 0 heterocycles. The molecule has 5 nitrogen and oxygen atoms in total. The number of nitrogens with one attached hydrogen (secondary N) is 1. The van der Waals surface area contributed by atoms with E-state index >= 15 is 0 Å². The van der Waals surface area contributed by atoms with Crippen LogP contribution in [0.25, 0.3) is 11.1 Å². The number of phenolic OH excluding ortho intramolecular Hbond substituents is 1. The summed E-state index contributed by atoms with van der Waals surface area (Å²) in [6, 6.07) is 17.3. The van der Waals surface area contributed by atoms with E-state index in [1.165, 1.54) is 19.2 Å². The van der Waals surface area contributed by atoms with Crippen molar-refractivity contribution in [2.75, 3.05) is 11.8 Å². The molecule has 0 aliphatic rings. The highest BCUT2D eigenvalue weighted by Gasteiger charge is 2.20. The molecule has 8 heteroatoms. The van der Waals surface area contributed by atoms with Gasteiger partial charge in [-0.05, 0) is 51.3 Å². The first-order valence-corrected chi connectivity index (χ1v) is 10.4. The highest BCUT2D eigenvalue weighted by atomic mass is 79.9. The topological polar surface area (TPSA) is 75.6 Å². The van der Waals surface area contributed by atoms with E-state index in [-0.39, 0.29) is 20.1 Å². The number of rotatable bonds is 5. The minimum absolute atomic E-state index is 0.0743. The normalized spacial score (nSPS) is 11.2. The van der Waals surface area contributed by atoms with Gasteiger partial charge in [-0.2, -0.15) is 0 Å². The molecule has 0 fully saturated rings. The molecule has 0 radical (unpaired) electrons. The Morgan fingerprint density at radius 3 is 2.37 bits per heavy atom. The second-order valence-corrected chi connectivity index (χ2v) is 8.57. The maximum Gasteiger partial charge on any atom is 0.262 e. The third-order valence-corrected chi connectivity index (χ3v) is 6.09. The van der Waals surface area contributed by atoms with E-state index in [9.17, 15) is 13.5 Å². The van der Waals surface area contributed by atoms with Gasteiger partial charge in [0.05, 0.1) is 27.2 Å². The Morgan fingerprint density at radius 1 is 1.04 bits per heavy atom. The van der Waals surface area contributed by atoms with Gasteiger partial charge in [0.25, 0.3) is 10.0 Å². The van der Waals surface area contributed by atoms with Gasteiger partial charge in [-0.25, -0.2) is 8.42 Å². The van der Waals surface area contributed by atoms with Crippen molar-refractivity contribution in [2.24, 2.45) is 0 Å². The highest BCUT2D eigenvalue weighted by molar-refractivity contribution is 9.10. The molecule has 0 bridgehead atoms. The van der Waals surface area contributed by atoms with Crippen LogP contribution in [0, 0.1) is 0 Å². The van der Waals surface area contributed by atoms with Crippen molar-refractivity contribution in [3.8, 4) is 22.6 Å². The first-order valence-electron chi connectivity index (χ1n) is 7.76. The van der Waals surface area contributed by atoms with Gasteiger partial charge in [-0.15, -0.1) is 0 Å². The SMILES string of the molecule is COc1ccc(-c2ccccc2)cc1NS(=O)(=O)c1cc(Cl)c(O)c(Br)c1. The van der Waals surface area contributed by atoms with Gasteiger partial charge < -0.3 is 9.84 Å². The average Bonchev–Trinajstić information content (AvgIpc) is 2.66. The van der Waals surface area contributed by atoms with E-state index in [1.807, 2.05) is 36.4 Å². The number of halogens is 2. The molecule has 0 spiro atoms. The molecular weight excluding hydrogens is 454 g/mol. The van der Waals surface area contributed by atoms with Gasteiger partial charge >= 0.3 is 0 Å². The van der Waals surface area contributed by atoms with E-state index in [1.54, 1.807) is 12.1 Å². The standard InChI is InChI=1S/C19H15BrClNO4S/c1-26-18-8-7-13(12-5-3-2-4-6-12)9-17(18)22-27(24,25)14-10-15(20)19(23)16(21)11-14/h2-11,22-23H,1H3. The lowest BCUT2D eigenvalue weighted by atomic mass is 10.1. The fourth-order valence-corrected chi connectivity index (χ4v) is 4.62. The van der Waals surface area contributed by atoms with E-state index in [0.29, 0.717) is 11.4 Å². The van der Waals surface area contributed by atoms with Crippen LogP contribution in [0.1, 0.15) is 0 Å². The smallest absolute Gasteiger partial charge is 0.262 e. The number of hydrogen-bond acceptors (Lipinski definition) is 4. The maximum atomic E-state index is 12.8. The number of hydrogen-bond donors (Lipinski definition) is 2. The van der Waals surface area contributed by atoms with Crippen molar-refractivity contribution in [3.63, 3.8) is 0 Å². The zero-order valence-electron chi connectivity index (χ0n) is 14.1. The fourth-order valence-electron chi connectivity index (χ4n) is 2.50. The van der Waals surface area contributed by atoms with Crippen molar-refractivity contribution in [2.45, 2.75) is 4.90 Å². The van der Waals surface area contributed by atoms with Gasteiger partial charge in [0.15, 0.2) is 0 Å². The Bertz CT molecular complexity index is 1070. The number of ether oxygens (including phenoxy) is 1. The van der Waals surface area contributed by atoms with Gasteiger partial charge in [-0.3, -0.25) is 4.72 Å². The molecule has 0 aliphatic heterocycles. The molecule has 27 heavy (non-hydrogen) atoms. The number of phenols is 1. The van der Waals surface area contributed by atoms with Crippen LogP contribution in [0.15, 0.2) is 70.0 Å². The zero-order chi connectivity index (χ0) is 19.6. The first-order chi connectivity index (χ1) is 12.8. The largest absolute Gasteiger partial charge is 0.505 e. The maximum absolute atomic E-state index is 12.8. The Kier molecular flexibility index (Phi) is 5.64. The molecule has 0 atom stereocenters. The van der Waals surface area contributed by atoms with Gasteiger partial charge in [0.2, 0.25) is 0 Å². The fraction of sp³-hybridized carbons (Fsp3) is 0.0526. The summed E-state index contributed by atoms with van der Waals surface area (Å²) in [6.45, 7) is 0. The van der Waals surface area contributed by atoms with Crippen LogP contribution in [0.3, 0.4) is 0 Å². The second-order valence-electron chi connectivity index (χ2n) is 5.62. The lowest BCUT2D eigenvalue weighted by Gasteiger charge is -2.14. The third-order valence-electron chi connectivity index (χ3n) is 3.85. The average molecular weight is 469 g/mol. The van der Waals surface area contributed by atoms with E-state index in [2.05, 4.69) is 20.7 Å². The summed E-state index contributed by atoms with van der Waals surface area (Å²) in [7, 11) is -2.50. The minimum Gasteiger partial charge on any atom is -0.505 e.